The number of aromatic nitrogens is 2. The first-order valence-corrected chi connectivity index (χ1v) is 6.53. The highest BCUT2D eigenvalue weighted by Crippen LogP contribution is 2.24. The molecule has 0 aliphatic rings. The molecule has 0 unspecified atom stereocenters. The molecule has 5 nitrogen and oxygen atoms in total. The molecule has 19 heavy (non-hydrogen) atoms. The SMILES string of the molecule is Cc1c(Br)cccc1NCc1c(C(=O)O)cnn1C. The number of aromatic carboxylic acids is 1. The maximum absolute atomic E-state index is 11.1. The third-order valence-electron chi connectivity index (χ3n) is 3.01. The van der Waals surface area contributed by atoms with Crippen LogP contribution in [0.5, 0.6) is 0 Å². The van der Waals surface area contributed by atoms with Gasteiger partial charge in [0.15, 0.2) is 0 Å². The van der Waals surface area contributed by atoms with E-state index in [0.717, 1.165) is 15.7 Å². The first-order valence-electron chi connectivity index (χ1n) is 5.74. The van der Waals surface area contributed by atoms with Crippen molar-refractivity contribution >= 4 is 27.6 Å². The van der Waals surface area contributed by atoms with Gasteiger partial charge in [-0.2, -0.15) is 5.10 Å². The molecule has 1 aromatic carbocycles. The van der Waals surface area contributed by atoms with Crippen LogP contribution in [0.4, 0.5) is 5.69 Å². The molecule has 0 aliphatic carbocycles. The van der Waals surface area contributed by atoms with Crippen LogP contribution in [0.25, 0.3) is 0 Å². The summed E-state index contributed by atoms with van der Waals surface area (Å²) in [6, 6.07) is 5.85. The average molecular weight is 324 g/mol. The Morgan fingerprint density at radius 1 is 1.53 bits per heavy atom. The average Bonchev–Trinajstić information content (AvgIpc) is 2.73. The van der Waals surface area contributed by atoms with Crippen LogP contribution >= 0.6 is 15.9 Å². The Balaban J connectivity index is 2.21. The summed E-state index contributed by atoms with van der Waals surface area (Å²) in [5.74, 6) is -0.962. The third-order valence-corrected chi connectivity index (χ3v) is 3.87. The molecule has 6 heteroatoms. The minimum atomic E-state index is -0.962. The number of rotatable bonds is 4. The minimum absolute atomic E-state index is 0.225. The van der Waals surface area contributed by atoms with Crippen LogP contribution in [0.1, 0.15) is 21.6 Å². The number of nitrogens with one attached hydrogen (secondary N) is 1. The Hall–Kier alpha value is -1.82. The van der Waals surface area contributed by atoms with Crippen molar-refractivity contribution in [3.63, 3.8) is 0 Å². The van der Waals surface area contributed by atoms with E-state index in [4.69, 9.17) is 5.11 Å². The van der Waals surface area contributed by atoms with Crippen LogP contribution in [0.3, 0.4) is 0 Å². The van der Waals surface area contributed by atoms with Crippen molar-refractivity contribution in [1.29, 1.82) is 0 Å². The van der Waals surface area contributed by atoms with E-state index in [1.807, 2.05) is 25.1 Å². The normalized spacial score (nSPS) is 10.5. The molecule has 0 fully saturated rings. The highest BCUT2D eigenvalue weighted by Gasteiger charge is 2.14. The molecule has 0 aliphatic heterocycles. The molecule has 2 N–H and O–H groups in total. The zero-order valence-electron chi connectivity index (χ0n) is 10.6. The molecular formula is C13H14BrN3O2. The van der Waals surface area contributed by atoms with E-state index in [0.29, 0.717) is 12.2 Å². The van der Waals surface area contributed by atoms with Crippen LogP contribution in [0.2, 0.25) is 0 Å². The van der Waals surface area contributed by atoms with Crippen molar-refractivity contribution in [2.45, 2.75) is 13.5 Å². The molecule has 100 valence electrons. The van der Waals surface area contributed by atoms with E-state index < -0.39 is 5.97 Å². The fourth-order valence-corrected chi connectivity index (χ4v) is 2.20. The van der Waals surface area contributed by atoms with Crippen molar-refractivity contribution in [2.75, 3.05) is 5.32 Å². The molecule has 0 atom stereocenters. The summed E-state index contributed by atoms with van der Waals surface area (Å²) in [7, 11) is 1.73. The van der Waals surface area contributed by atoms with Gasteiger partial charge in [-0.1, -0.05) is 22.0 Å². The number of nitrogens with zero attached hydrogens (tertiary/aromatic N) is 2. The number of aryl methyl sites for hydroxylation is 1. The maximum Gasteiger partial charge on any atom is 0.339 e. The topological polar surface area (TPSA) is 67.2 Å². The van der Waals surface area contributed by atoms with Crippen LogP contribution in [0.15, 0.2) is 28.9 Å². The highest BCUT2D eigenvalue weighted by molar-refractivity contribution is 9.10. The van der Waals surface area contributed by atoms with Gasteiger partial charge in [0, 0.05) is 17.2 Å². The Morgan fingerprint density at radius 2 is 2.26 bits per heavy atom. The van der Waals surface area contributed by atoms with Crippen molar-refractivity contribution in [2.24, 2.45) is 7.05 Å². The number of halogens is 1. The Bertz CT molecular complexity index is 622. The van der Waals surface area contributed by atoms with E-state index in [-0.39, 0.29) is 5.56 Å². The van der Waals surface area contributed by atoms with Gasteiger partial charge in [-0.15, -0.1) is 0 Å². The van der Waals surface area contributed by atoms with Gasteiger partial charge in [-0.05, 0) is 24.6 Å². The Morgan fingerprint density at radius 3 is 2.95 bits per heavy atom. The molecule has 1 aromatic heterocycles. The lowest BCUT2D eigenvalue weighted by Crippen LogP contribution is -2.10. The van der Waals surface area contributed by atoms with Crippen LogP contribution in [-0.4, -0.2) is 20.9 Å². The molecule has 2 aromatic rings. The molecule has 2 rings (SSSR count). The summed E-state index contributed by atoms with van der Waals surface area (Å²) < 4.78 is 2.59. The quantitative estimate of drug-likeness (QED) is 0.907. The summed E-state index contributed by atoms with van der Waals surface area (Å²) >= 11 is 3.47. The first kappa shape index (κ1) is 13.6. The smallest absolute Gasteiger partial charge is 0.339 e. The third kappa shape index (κ3) is 2.78. The molecule has 1 heterocycles. The van der Waals surface area contributed by atoms with Crippen molar-refractivity contribution in [3.05, 3.63) is 45.7 Å². The summed E-state index contributed by atoms with van der Waals surface area (Å²) in [4.78, 5) is 11.1. The number of anilines is 1. The first-order chi connectivity index (χ1) is 9.00. The number of carbonyl (C=O) groups is 1. The number of carboxylic acid groups (broad SMARTS) is 1. The molecule has 0 bridgehead atoms. The van der Waals surface area contributed by atoms with Crippen molar-refractivity contribution in [1.82, 2.24) is 9.78 Å². The van der Waals surface area contributed by atoms with E-state index in [1.165, 1.54) is 6.20 Å². The second-order valence-corrected chi connectivity index (χ2v) is 5.05. The van der Waals surface area contributed by atoms with Crippen LogP contribution in [-0.2, 0) is 13.6 Å². The van der Waals surface area contributed by atoms with Gasteiger partial charge in [-0.25, -0.2) is 4.79 Å². The monoisotopic (exact) mass is 323 g/mol. The minimum Gasteiger partial charge on any atom is -0.478 e. The second kappa shape index (κ2) is 5.44. The van der Waals surface area contributed by atoms with E-state index in [2.05, 4.69) is 26.3 Å². The van der Waals surface area contributed by atoms with Crippen molar-refractivity contribution in [3.8, 4) is 0 Å². The summed E-state index contributed by atoms with van der Waals surface area (Å²) in [6.45, 7) is 2.41. The van der Waals surface area contributed by atoms with Gasteiger partial charge in [-0.3, -0.25) is 4.68 Å². The predicted octanol–water partition coefficient (Wildman–Crippen LogP) is 2.80. The van der Waals surface area contributed by atoms with Gasteiger partial charge < -0.3 is 10.4 Å². The number of carboxylic acids is 1. The number of hydrogen-bond acceptors (Lipinski definition) is 3. The summed E-state index contributed by atoms with van der Waals surface area (Å²) in [6.07, 6.45) is 1.37. The lowest BCUT2D eigenvalue weighted by atomic mass is 10.2. The number of hydrogen-bond donors (Lipinski definition) is 2. The fraction of sp³-hybridized carbons (Fsp3) is 0.231. The molecule has 0 spiro atoms. The summed E-state index contributed by atoms with van der Waals surface area (Å²) in [5, 5.41) is 16.3. The zero-order valence-corrected chi connectivity index (χ0v) is 12.2. The van der Waals surface area contributed by atoms with Gasteiger partial charge in [0.05, 0.1) is 18.4 Å². The predicted molar refractivity (Wildman–Crippen MR) is 76.4 cm³/mol. The zero-order chi connectivity index (χ0) is 14.0. The second-order valence-electron chi connectivity index (χ2n) is 4.20. The standard InChI is InChI=1S/C13H14BrN3O2/c1-8-10(14)4-3-5-11(8)15-7-12-9(13(18)19)6-16-17(12)2/h3-6,15H,7H2,1-2H3,(H,18,19). The van der Waals surface area contributed by atoms with E-state index >= 15 is 0 Å². The fourth-order valence-electron chi connectivity index (χ4n) is 1.83. The molecular weight excluding hydrogens is 310 g/mol. The number of benzene rings is 1. The molecule has 0 radical (unpaired) electrons. The highest BCUT2D eigenvalue weighted by atomic mass is 79.9. The summed E-state index contributed by atoms with van der Waals surface area (Å²) in [5.41, 5.74) is 2.92. The van der Waals surface area contributed by atoms with E-state index in [1.54, 1.807) is 11.7 Å². The van der Waals surface area contributed by atoms with Gasteiger partial charge >= 0.3 is 5.97 Å². The van der Waals surface area contributed by atoms with Crippen molar-refractivity contribution < 1.29 is 9.90 Å². The molecule has 0 saturated carbocycles. The largest absolute Gasteiger partial charge is 0.478 e. The van der Waals surface area contributed by atoms with Crippen LogP contribution in [0, 0.1) is 6.92 Å². The molecule has 0 saturated heterocycles. The van der Waals surface area contributed by atoms with Gasteiger partial charge in [0.2, 0.25) is 0 Å². The maximum atomic E-state index is 11.1. The van der Waals surface area contributed by atoms with Gasteiger partial charge in [0.25, 0.3) is 0 Å². The lowest BCUT2D eigenvalue weighted by Gasteiger charge is -2.11. The van der Waals surface area contributed by atoms with Crippen LogP contribution < -0.4 is 5.32 Å². The lowest BCUT2D eigenvalue weighted by molar-refractivity contribution is 0.0695. The van der Waals surface area contributed by atoms with Gasteiger partial charge in [0.1, 0.15) is 5.56 Å². The Labute approximate surface area is 119 Å². The van der Waals surface area contributed by atoms with E-state index in [9.17, 15) is 4.79 Å². The molecule has 0 amide bonds. The Kier molecular flexibility index (Phi) is 3.90.